The van der Waals surface area contributed by atoms with E-state index in [1.165, 1.54) is 0 Å². The molecule has 0 amide bonds. The largest absolute Gasteiger partial charge is 0.453 e. The molecule has 0 radical (unpaired) electrons. The van der Waals surface area contributed by atoms with E-state index in [1.54, 1.807) is 24.3 Å². The number of benzene rings is 1. The number of hydrogen-bond acceptors (Lipinski definition) is 3. The Balaban J connectivity index is 1.97. The van der Waals surface area contributed by atoms with Gasteiger partial charge in [-0.25, -0.2) is 0 Å². The molecule has 0 spiro atoms. The highest BCUT2D eigenvalue weighted by atomic mass is 35.5. The highest BCUT2D eigenvalue weighted by Crippen LogP contribution is 2.31. The fraction of sp³-hybridized carbons (Fsp3) is 0.400. The third-order valence-electron chi connectivity index (χ3n) is 3.65. The van der Waals surface area contributed by atoms with E-state index in [0.717, 1.165) is 24.6 Å². The number of ether oxygens (including phenoxy) is 1. The van der Waals surface area contributed by atoms with Gasteiger partial charge in [-0.2, -0.15) is 0 Å². The van der Waals surface area contributed by atoms with Crippen LogP contribution in [0.3, 0.4) is 0 Å². The highest BCUT2D eigenvalue weighted by molar-refractivity contribution is 6.31. The molecule has 1 atom stereocenters. The smallest absolute Gasteiger partial charge is 0.229 e. The zero-order valence-corrected chi connectivity index (χ0v) is 11.5. The molecule has 0 aliphatic carbocycles. The number of fused-ring (bicyclic) bond motifs is 1. The zero-order chi connectivity index (χ0) is 13.5. The van der Waals surface area contributed by atoms with Gasteiger partial charge in [-0.3, -0.25) is 4.79 Å². The lowest BCUT2D eigenvalue weighted by atomic mass is 9.90. The van der Waals surface area contributed by atoms with Crippen LogP contribution in [0.2, 0.25) is 5.02 Å². The molecule has 1 aromatic carbocycles. The number of Topliss-reactive ketones (excluding diaryl/α,β-unsaturated/α-hetero) is 1. The lowest BCUT2D eigenvalue weighted by molar-refractivity contribution is -0.0439. The second-order valence-electron chi connectivity index (χ2n) is 5.16. The van der Waals surface area contributed by atoms with Crippen LogP contribution < -0.4 is 0 Å². The maximum atomic E-state index is 12.5. The molecule has 4 heteroatoms. The first-order valence-electron chi connectivity index (χ1n) is 6.46. The maximum absolute atomic E-state index is 12.5. The summed E-state index contributed by atoms with van der Waals surface area (Å²) in [6.07, 6.45) is 2.76. The molecule has 2 heterocycles. The SMILES string of the molecule is CC1(C(=O)c2cc3cc(Cl)ccc3o2)CCCCO1. The van der Waals surface area contributed by atoms with E-state index in [-0.39, 0.29) is 5.78 Å². The Labute approximate surface area is 116 Å². The lowest BCUT2D eigenvalue weighted by Crippen LogP contribution is -2.41. The number of hydrogen-bond donors (Lipinski definition) is 0. The van der Waals surface area contributed by atoms with Crippen LogP contribution in [-0.4, -0.2) is 18.0 Å². The van der Waals surface area contributed by atoms with Crippen molar-refractivity contribution in [1.82, 2.24) is 0 Å². The summed E-state index contributed by atoms with van der Waals surface area (Å²) in [5, 5.41) is 1.47. The topological polar surface area (TPSA) is 39.4 Å². The van der Waals surface area contributed by atoms with Crippen molar-refractivity contribution in [2.75, 3.05) is 6.61 Å². The van der Waals surface area contributed by atoms with Crippen molar-refractivity contribution >= 4 is 28.4 Å². The molecule has 0 N–H and O–H groups in total. The first kappa shape index (κ1) is 12.7. The van der Waals surface area contributed by atoms with Crippen molar-refractivity contribution in [3.8, 4) is 0 Å². The van der Waals surface area contributed by atoms with Crippen LogP contribution in [0.1, 0.15) is 36.7 Å². The van der Waals surface area contributed by atoms with Crippen LogP contribution in [0, 0.1) is 0 Å². The van der Waals surface area contributed by atoms with Gasteiger partial charge in [-0.1, -0.05) is 11.6 Å². The Morgan fingerprint density at radius 3 is 2.89 bits per heavy atom. The summed E-state index contributed by atoms with van der Waals surface area (Å²) in [6, 6.07) is 7.06. The van der Waals surface area contributed by atoms with Crippen LogP contribution in [0.4, 0.5) is 0 Å². The molecule has 3 rings (SSSR count). The fourth-order valence-corrected chi connectivity index (χ4v) is 2.68. The van der Waals surface area contributed by atoms with E-state index in [1.807, 2.05) is 6.92 Å². The Morgan fingerprint density at radius 2 is 2.16 bits per heavy atom. The summed E-state index contributed by atoms with van der Waals surface area (Å²) in [4.78, 5) is 12.5. The van der Waals surface area contributed by atoms with E-state index in [0.29, 0.717) is 23.0 Å². The number of carbonyl (C=O) groups excluding carboxylic acids is 1. The average molecular weight is 279 g/mol. The van der Waals surface area contributed by atoms with Gasteiger partial charge in [-0.15, -0.1) is 0 Å². The Hall–Kier alpha value is -1.32. The summed E-state index contributed by atoms with van der Waals surface area (Å²) in [6.45, 7) is 2.48. The molecule has 1 saturated heterocycles. The van der Waals surface area contributed by atoms with Crippen molar-refractivity contribution in [1.29, 1.82) is 0 Å². The van der Waals surface area contributed by atoms with Crippen LogP contribution in [-0.2, 0) is 4.74 Å². The molecule has 100 valence electrons. The number of ketones is 1. The highest BCUT2D eigenvalue weighted by Gasteiger charge is 2.38. The third-order valence-corrected chi connectivity index (χ3v) is 3.89. The van der Waals surface area contributed by atoms with Gasteiger partial charge in [0.15, 0.2) is 5.76 Å². The second kappa shape index (κ2) is 4.66. The summed E-state index contributed by atoms with van der Waals surface area (Å²) < 4.78 is 11.3. The van der Waals surface area contributed by atoms with Gasteiger partial charge < -0.3 is 9.15 Å². The minimum absolute atomic E-state index is 0.0838. The summed E-state index contributed by atoms with van der Waals surface area (Å²) >= 11 is 5.93. The van der Waals surface area contributed by atoms with E-state index in [4.69, 9.17) is 20.8 Å². The Kier molecular flexibility index (Phi) is 3.11. The number of carbonyl (C=O) groups is 1. The van der Waals surface area contributed by atoms with E-state index >= 15 is 0 Å². The van der Waals surface area contributed by atoms with Gasteiger partial charge in [0.1, 0.15) is 11.2 Å². The molecule has 0 bridgehead atoms. The van der Waals surface area contributed by atoms with Crippen LogP contribution in [0.15, 0.2) is 28.7 Å². The van der Waals surface area contributed by atoms with Crippen molar-refractivity contribution in [2.24, 2.45) is 0 Å². The van der Waals surface area contributed by atoms with Crippen molar-refractivity contribution in [3.63, 3.8) is 0 Å². The standard InChI is InChI=1S/C15H15ClO3/c1-15(6-2-3-7-18-15)14(17)13-9-10-8-11(16)4-5-12(10)19-13/h4-5,8-9H,2-3,6-7H2,1H3. The number of rotatable bonds is 2. The molecule has 19 heavy (non-hydrogen) atoms. The number of furan rings is 1. The summed E-state index contributed by atoms with van der Waals surface area (Å²) in [5.41, 5.74) is -0.0808. The Bertz CT molecular complexity index is 623. The third kappa shape index (κ3) is 2.28. The summed E-state index contributed by atoms with van der Waals surface area (Å²) in [5.74, 6) is 0.265. The van der Waals surface area contributed by atoms with E-state index in [2.05, 4.69) is 0 Å². The minimum Gasteiger partial charge on any atom is -0.453 e. The van der Waals surface area contributed by atoms with Crippen molar-refractivity contribution in [2.45, 2.75) is 31.8 Å². The van der Waals surface area contributed by atoms with Crippen LogP contribution in [0.25, 0.3) is 11.0 Å². The lowest BCUT2D eigenvalue weighted by Gasteiger charge is -2.31. The molecule has 1 unspecified atom stereocenters. The fourth-order valence-electron chi connectivity index (χ4n) is 2.50. The molecule has 1 aromatic heterocycles. The average Bonchev–Trinajstić information content (AvgIpc) is 2.81. The first-order valence-corrected chi connectivity index (χ1v) is 6.84. The van der Waals surface area contributed by atoms with Gasteiger partial charge in [0.05, 0.1) is 0 Å². The van der Waals surface area contributed by atoms with Crippen LogP contribution >= 0.6 is 11.6 Å². The molecule has 0 saturated carbocycles. The van der Waals surface area contributed by atoms with Crippen LogP contribution in [0.5, 0.6) is 0 Å². The quantitative estimate of drug-likeness (QED) is 0.772. The molecule has 3 nitrogen and oxygen atoms in total. The van der Waals surface area contributed by atoms with Gasteiger partial charge >= 0.3 is 0 Å². The molecular weight excluding hydrogens is 264 g/mol. The van der Waals surface area contributed by atoms with E-state index in [9.17, 15) is 4.79 Å². The molecule has 2 aromatic rings. The van der Waals surface area contributed by atoms with Crippen molar-refractivity contribution in [3.05, 3.63) is 35.0 Å². The second-order valence-corrected chi connectivity index (χ2v) is 5.59. The maximum Gasteiger partial charge on any atom is 0.229 e. The van der Waals surface area contributed by atoms with Crippen molar-refractivity contribution < 1.29 is 13.9 Å². The van der Waals surface area contributed by atoms with Gasteiger partial charge in [-0.05, 0) is 50.5 Å². The Morgan fingerprint density at radius 1 is 1.32 bits per heavy atom. The van der Waals surface area contributed by atoms with Gasteiger partial charge in [0.2, 0.25) is 5.78 Å². The first-order chi connectivity index (χ1) is 9.08. The zero-order valence-electron chi connectivity index (χ0n) is 10.7. The molecule has 1 aliphatic rings. The predicted octanol–water partition coefficient (Wildman–Crippen LogP) is 4.23. The monoisotopic (exact) mass is 278 g/mol. The van der Waals surface area contributed by atoms with Gasteiger partial charge in [0.25, 0.3) is 0 Å². The predicted molar refractivity (Wildman–Crippen MR) is 73.8 cm³/mol. The summed E-state index contributed by atoms with van der Waals surface area (Å²) in [7, 11) is 0. The van der Waals surface area contributed by atoms with E-state index < -0.39 is 5.60 Å². The molecule has 1 fully saturated rings. The molecule has 1 aliphatic heterocycles. The normalized spacial score (nSPS) is 23.7. The number of halogens is 1. The molecular formula is C15H15ClO3. The minimum atomic E-state index is -0.754. The van der Waals surface area contributed by atoms with Gasteiger partial charge in [0, 0.05) is 17.0 Å².